The number of hydrogen-bond donors (Lipinski definition) is 1. The van der Waals surface area contributed by atoms with Crippen molar-refractivity contribution in [2.24, 2.45) is 5.92 Å². The molecule has 1 N–H and O–H groups in total. The Morgan fingerprint density at radius 1 is 1.18 bits per heavy atom. The van der Waals surface area contributed by atoms with Gasteiger partial charge in [0.1, 0.15) is 18.5 Å². The van der Waals surface area contributed by atoms with Gasteiger partial charge in [0.2, 0.25) is 0 Å². The van der Waals surface area contributed by atoms with Crippen LogP contribution in [0.3, 0.4) is 0 Å². The maximum Gasteiger partial charge on any atom is 0.337 e. The first-order valence-electron chi connectivity index (χ1n) is 15.5. The summed E-state index contributed by atoms with van der Waals surface area (Å²) in [6.07, 6.45) is 1.11. The molecule has 45 heavy (non-hydrogen) atoms. The Labute approximate surface area is 259 Å². The Morgan fingerprint density at radius 3 is 2.62 bits per heavy atom. The molecular weight excluding hydrogens is 587 g/mol. The third-order valence-electron chi connectivity index (χ3n) is 8.97. The number of likely N-dealkylation sites (tertiary alicyclic amines) is 1. The van der Waals surface area contributed by atoms with Crippen molar-refractivity contribution < 1.29 is 32.5 Å². The number of hydrogen-bond acceptors (Lipinski definition) is 7. The molecule has 0 radical (unpaired) electrons. The summed E-state index contributed by atoms with van der Waals surface area (Å²) >= 11 is 0. The maximum absolute atomic E-state index is 14.5. The average molecular weight is 626 g/mol. The molecule has 0 amide bonds. The molecule has 2 aromatic heterocycles. The van der Waals surface area contributed by atoms with Gasteiger partial charge < -0.3 is 19.1 Å². The van der Waals surface area contributed by atoms with Crippen LogP contribution in [0, 0.1) is 12.8 Å². The molecule has 1 fully saturated rings. The Kier molecular flexibility index (Phi) is 9.14. The van der Waals surface area contributed by atoms with Crippen molar-refractivity contribution in [1.29, 1.82) is 0 Å². The van der Waals surface area contributed by atoms with Crippen molar-refractivity contribution in [2.45, 2.75) is 58.3 Å². The summed E-state index contributed by atoms with van der Waals surface area (Å²) in [5, 5.41) is 14.2. The SMILES string of the molecule is CCOC(=O)C(c1ncn2c1C[C@@H](F)C2)n1cc2c(C(F)F)cc(-c3ccc(OCCN4CCC(CO)CC4)cc3)c(C)c2n1. The van der Waals surface area contributed by atoms with Gasteiger partial charge in [-0.15, -0.1) is 0 Å². The number of fused-ring (bicyclic) bond motifs is 2. The number of halogens is 3. The van der Waals surface area contributed by atoms with Crippen LogP contribution in [0.2, 0.25) is 0 Å². The number of nitrogens with zero attached hydrogens (tertiary/aromatic N) is 5. The van der Waals surface area contributed by atoms with Crippen molar-refractivity contribution in [1.82, 2.24) is 24.2 Å². The first kappa shape index (κ1) is 31.1. The molecule has 4 aromatic rings. The highest BCUT2D eigenvalue weighted by molar-refractivity contribution is 5.92. The van der Waals surface area contributed by atoms with E-state index >= 15 is 0 Å². The number of alkyl halides is 3. The summed E-state index contributed by atoms with van der Waals surface area (Å²) in [7, 11) is 0. The fraction of sp³-hybridized carbons (Fsp3) is 0.485. The average Bonchev–Trinajstić information content (AvgIpc) is 3.74. The van der Waals surface area contributed by atoms with Gasteiger partial charge in [-0.3, -0.25) is 9.58 Å². The summed E-state index contributed by atoms with van der Waals surface area (Å²) in [4.78, 5) is 19.9. The normalized spacial score (nSPS) is 18.1. The van der Waals surface area contributed by atoms with Crippen LogP contribution in [0.4, 0.5) is 13.2 Å². The number of carbonyl (C=O) groups excluding carboxylic acids is 1. The van der Waals surface area contributed by atoms with E-state index in [4.69, 9.17) is 9.47 Å². The molecule has 4 heterocycles. The second-order valence-electron chi connectivity index (χ2n) is 11.8. The first-order chi connectivity index (χ1) is 21.8. The summed E-state index contributed by atoms with van der Waals surface area (Å²) in [6, 6.07) is 7.65. The summed E-state index contributed by atoms with van der Waals surface area (Å²) in [5.41, 5.74) is 3.01. The van der Waals surface area contributed by atoms with E-state index in [1.165, 1.54) is 23.3 Å². The Hall–Kier alpha value is -3.90. The van der Waals surface area contributed by atoms with Crippen molar-refractivity contribution in [3.05, 3.63) is 65.4 Å². The van der Waals surface area contributed by atoms with Gasteiger partial charge in [-0.2, -0.15) is 5.10 Å². The van der Waals surface area contributed by atoms with Gasteiger partial charge in [0.05, 0.1) is 30.7 Å². The number of aromatic nitrogens is 4. The van der Waals surface area contributed by atoms with Gasteiger partial charge in [-0.1, -0.05) is 12.1 Å². The molecule has 0 aliphatic carbocycles. The fourth-order valence-corrected chi connectivity index (χ4v) is 6.46. The molecule has 0 saturated carbocycles. The topological polar surface area (TPSA) is 94.6 Å². The quantitative estimate of drug-likeness (QED) is 0.227. The molecule has 0 spiro atoms. The summed E-state index contributed by atoms with van der Waals surface area (Å²) in [5.74, 6) is 0.427. The number of ether oxygens (including phenoxy) is 2. The van der Waals surface area contributed by atoms with Gasteiger partial charge in [-0.25, -0.2) is 22.9 Å². The van der Waals surface area contributed by atoms with Crippen LogP contribution >= 0.6 is 0 Å². The van der Waals surface area contributed by atoms with Crippen LogP contribution in [0.1, 0.15) is 54.7 Å². The molecule has 0 bridgehead atoms. The lowest BCUT2D eigenvalue weighted by Crippen LogP contribution is -2.37. The van der Waals surface area contributed by atoms with E-state index in [9.17, 15) is 23.1 Å². The van der Waals surface area contributed by atoms with E-state index in [1.54, 1.807) is 11.5 Å². The number of imidazole rings is 1. The first-order valence-corrected chi connectivity index (χ1v) is 15.5. The van der Waals surface area contributed by atoms with Gasteiger partial charge >= 0.3 is 5.97 Å². The monoisotopic (exact) mass is 625 g/mol. The number of rotatable bonds is 11. The van der Waals surface area contributed by atoms with Crippen LogP contribution in [0.15, 0.2) is 42.9 Å². The van der Waals surface area contributed by atoms with E-state index in [1.807, 2.05) is 31.2 Å². The molecule has 2 atom stereocenters. The highest BCUT2D eigenvalue weighted by Gasteiger charge is 2.35. The molecule has 2 aliphatic heterocycles. The Bertz CT molecular complexity index is 1650. The lowest BCUT2D eigenvalue weighted by atomic mass is 9.95. The molecule has 1 saturated heterocycles. The molecule has 1 unspecified atom stereocenters. The van der Waals surface area contributed by atoms with E-state index in [-0.39, 0.29) is 37.1 Å². The van der Waals surface area contributed by atoms with Gasteiger partial charge in [-0.05, 0) is 80.6 Å². The number of aliphatic hydroxyl groups excluding tert-OH is 1. The Morgan fingerprint density at radius 2 is 1.93 bits per heavy atom. The van der Waals surface area contributed by atoms with Crippen molar-refractivity contribution in [3.63, 3.8) is 0 Å². The third kappa shape index (κ3) is 6.30. The van der Waals surface area contributed by atoms with Crippen LogP contribution < -0.4 is 4.74 Å². The predicted octanol–water partition coefficient (Wildman–Crippen LogP) is 5.28. The minimum Gasteiger partial charge on any atom is -0.492 e. The Balaban J connectivity index is 1.27. The molecule has 9 nitrogen and oxygen atoms in total. The minimum atomic E-state index is -2.79. The lowest BCUT2D eigenvalue weighted by molar-refractivity contribution is -0.146. The van der Waals surface area contributed by atoms with Crippen LogP contribution in [-0.2, 0) is 22.5 Å². The smallest absolute Gasteiger partial charge is 0.337 e. The van der Waals surface area contributed by atoms with Crippen molar-refractivity contribution >= 4 is 16.9 Å². The minimum absolute atomic E-state index is 0.0977. The molecular formula is C33H38F3N5O4. The second kappa shape index (κ2) is 13.2. The number of piperidine rings is 1. The molecule has 2 aliphatic rings. The van der Waals surface area contributed by atoms with E-state index in [2.05, 4.69) is 15.0 Å². The largest absolute Gasteiger partial charge is 0.492 e. The van der Waals surface area contributed by atoms with Crippen LogP contribution in [0.25, 0.3) is 22.0 Å². The number of esters is 1. The zero-order chi connectivity index (χ0) is 31.7. The highest BCUT2D eigenvalue weighted by Crippen LogP contribution is 2.38. The van der Waals surface area contributed by atoms with Crippen molar-refractivity contribution in [3.8, 4) is 16.9 Å². The maximum atomic E-state index is 14.5. The van der Waals surface area contributed by atoms with Gasteiger partial charge in [0, 0.05) is 42.4 Å². The fourth-order valence-electron chi connectivity index (χ4n) is 6.46. The number of aryl methyl sites for hydroxylation is 1. The highest BCUT2D eigenvalue weighted by atomic mass is 19.3. The zero-order valence-corrected chi connectivity index (χ0v) is 25.5. The molecule has 6 rings (SSSR count). The number of benzene rings is 2. The van der Waals surface area contributed by atoms with E-state index in [0.29, 0.717) is 46.3 Å². The number of carbonyl (C=O) groups is 1. The van der Waals surface area contributed by atoms with E-state index < -0.39 is 24.6 Å². The second-order valence-corrected chi connectivity index (χ2v) is 11.8. The molecule has 12 heteroatoms. The number of aliphatic hydroxyl groups is 1. The van der Waals surface area contributed by atoms with Crippen LogP contribution in [-0.4, -0.2) is 80.9 Å². The predicted molar refractivity (Wildman–Crippen MR) is 162 cm³/mol. The third-order valence-corrected chi connectivity index (χ3v) is 8.97. The standard InChI is InChI=1S/C33H38F3N5O4/c1-3-44-33(43)31(30-28-14-23(34)16-40(28)19-37-30)41-17-27-26(32(35)36)15-25(20(2)29(27)38-41)22-4-6-24(7-5-22)45-13-12-39-10-8-21(18-42)9-11-39/h4-7,15,17,19,21,23,31-32,42H,3,8-14,16,18H2,1-2H3/t23-,31?/m1/s1. The zero-order valence-electron chi connectivity index (χ0n) is 25.5. The lowest BCUT2D eigenvalue weighted by Gasteiger charge is -2.30. The van der Waals surface area contributed by atoms with Crippen molar-refractivity contribution in [2.75, 3.05) is 39.5 Å². The van der Waals surface area contributed by atoms with Gasteiger partial charge in [0.15, 0.2) is 6.04 Å². The molecule has 2 aromatic carbocycles. The van der Waals surface area contributed by atoms with Crippen LogP contribution in [0.5, 0.6) is 5.75 Å². The summed E-state index contributed by atoms with van der Waals surface area (Å²) in [6.45, 7) is 7.18. The molecule has 240 valence electrons. The van der Waals surface area contributed by atoms with Gasteiger partial charge in [0.25, 0.3) is 6.43 Å². The summed E-state index contributed by atoms with van der Waals surface area (Å²) < 4.78 is 57.5. The van der Waals surface area contributed by atoms with E-state index in [0.717, 1.165) is 38.0 Å².